The van der Waals surface area contributed by atoms with Crippen molar-refractivity contribution >= 4 is 0 Å². The van der Waals surface area contributed by atoms with E-state index in [-0.39, 0.29) is 0 Å². The van der Waals surface area contributed by atoms with Crippen LogP contribution in [0.15, 0.2) is 36.5 Å². The predicted molar refractivity (Wildman–Crippen MR) is 58.2 cm³/mol. The average molecular weight is 201 g/mol. The Hall–Kier alpha value is -1.15. The van der Waals surface area contributed by atoms with Crippen LogP contribution >= 0.6 is 0 Å². The minimum atomic E-state index is 0.432. The van der Waals surface area contributed by atoms with E-state index in [1.165, 1.54) is 12.8 Å². The highest BCUT2D eigenvalue weighted by Gasteiger charge is 2.36. The third-order valence-electron chi connectivity index (χ3n) is 3.39. The maximum absolute atomic E-state index is 5.91. The molecule has 15 heavy (non-hydrogen) atoms. The summed E-state index contributed by atoms with van der Waals surface area (Å²) in [6.07, 6.45) is 9.41. The van der Waals surface area contributed by atoms with E-state index in [9.17, 15) is 0 Å². The van der Waals surface area contributed by atoms with Gasteiger partial charge in [0.15, 0.2) is 0 Å². The number of pyridine rings is 1. The van der Waals surface area contributed by atoms with E-state index in [0.717, 1.165) is 11.6 Å². The molecule has 3 unspecified atom stereocenters. The zero-order valence-electron chi connectivity index (χ0n) is 8.67. The highest BCUT2D eigenvalue weighted by atomic mass is 16.5. The molecule has 1 aromatic heterocycles. The van der Waals surface area contributed by atoms with Crippen molar-refractivity contribution in [3.8, 4) is 0 Å². The smallest absolute Gasteiger partial charge is 0.0891 e. The summed E-state index contributed by atoms with van der Waals surface area (Å²) >= 11 is 0. The van der Waals surface area contributed by atoms with Gasteiger partial charge in [-0.1, -0.05) is 18.2 Å². The number of allylic oxidation sites excluding steroid dienone is 1. The summed E-state index contributed by atoms with van der Waals surface area (Å²) in [5, 5.41) is 0. The molecule has 1 aromatic rings. The van der Waals surface area contributed by atoms with Crippen molar-refractivity contribution in [1.82, 2.24) is 4.98 Å². The van der Waals surface area contributed by atoms with Crippen molar-refractivity contribution in [3.05, 3.63) is 42.2 Å². The molecular weight excluding hydrogens is 186 g/mol. The van der Waals surface area contributed by atoms with Crippen molar-refractivity contribution in [2.45, 2.75) is 25.6 Å². The van der Waals surface area contributed by atoms with Gasteiger partial charge < -0.3 is 4.74 Å². The number of hydrogen-bond donors (Lipinski definition) is 0. The van der Waals surface area contributed by atoms with E-state index >= 15 is 0 Å². The molecule has 2 aliphatic carbocycles. The summed E-state index contributed by atoms with van der Waals surface area (Å²) in [4.78, 5) is 4.26. The van der Waals surface area contributed by atoms with Gasteiger partial charge in [0.2, 0.25) is 0 Å². The lowest BCUT2D eigenvalue weighted by atomic mass is 10.0. The van der Waals surface area contributed by atoms with E-state index in [2.05, 4.69) is 17.1 Å². The molecule has 0 aliphatic heterocycles. The number of hydrogen-bond acceptors (Lipinski definition) is 2. The van der Waals surface area contributed by atoms with Gasteiger partial charge in [0.1, 0.15) is 0 Å². The van der Waals surface area contributed by atoms with E-state index in [0.29, 0.717) is 18.6 Å². The Morgan fingerprint density at radius 3 is 2.93 bits per heavy atom. The second-order valence-electron chi connectivity index (χ2n) is 4.45. The first-order valence-electron chi connectivity index (χ1n) is 5.61. The van der Waals surface area contributed by atoms with Crippen molar-refractivity contribution in [1.29, 1.82) is 0 Å². The van der Waals surface area contributed by atoms with Gasteiger partial charge in [-0.3, -0.25) is 4.98 Å². The molecule has 1 heterocycles. The number of fused-ring (bicyclic) bond motifs is 2. The SMILES string of the molecule is C1=CC2CC1CC2OCc1ccccn1. The number of rotatable bonds is 3. The summed E-state index contributed by atoms with van der Waals surface area (Å²) in [6.45, 7) is 0.655. The van der Waals surface area contributed by atoms with E-state index < -0.39 is 0 Å². The van der Waals surface area contributed by atoms with Gasteiger partial charge in [-0.2, -0.15) is 0 Å². The Balaban J connectivity index is 1.57. The summed E-state index contributed by atoms with van der Waals surface area (Å²) in [7, 11) is 0. The van der Waals surface area contributed by atoms with Crippen LogP contribution in [0.1, 0.15) is 18.5 Å². The number of ether oxygens (including phenoxy) is 1. The zero-order valence-corrected chi connectivity index (χ0v) is 8.67. The van der Waals surface area contributed by atoms with Gasteiger partial charge in [-0.15, -0.1) is 0 Å². The fraction of sp³-hybridized carbons (Fsp3) is 0.462. The number of aromatic nitrogens is 1. The molecule has 1 fully saturated rings. The summed E-state index contributed by atoms with van der Waals surface area (Å²) < 4.78 is 5.91. The normalized spacial score (nSPS) is 32.4. The molecule has 3 rings (SSSR count). The average Bonchev–Trinajstić information content (AvgIpc) is 2.89. The Labute approximate surface area is 90.0 Å². The van der Waals surface area contributed by atoms with E-state index in [1.807, 2.05) is 24.4 Å². The lowest BCUT2D eigenvalue weighted by molar-refractivity contribution is 0.0228. The molecule has 3 atom stereocenters. The summed E-state index contributed by atoms with van der Waals surface area (Å²) in [6, 6.07) is 5.96. The van der Waals surface area contributed by atoms with Crippen LogP contribution in [-0.2, 0) is 11.3 Å². The number of nitrogens with zero attached hydrogens (tertiary/aromatic N) is 1. The van der Waals surface area contributed by atoms with Crippen LogP contribution in [0.2, 0.25) is 0 Å². The molecule has 1 saturated carbocycles. The van der Waals surface area contributed by atoms with Crippen LogP contribution in [0.3, 0.4) is 0 Å². The standard InChI is InChI=1S/C13H15NO/c1-2-6-14-12(3-1)9-15-13-8-10-4-5-11(13)7-10/h1-6,10-11,13H,7-9H2. The minimum Gasteiger partial charge on any atom is -0.371 e. The fourth-order valence-corrected chi connectivity index (χ4v) is 2.60. The highest BCUT2D eigenvalue weighted by Crippen LogP contribution is 2.40. The van der Waals surface area contributed by atoms with Crippen LogP contribution < -0.4 is 0 Å². The molecule has 2 nitrogen and oxygen atoms in total. The molecule has 0 spiro atoms. The minimum absolute atomic E-state index is 0.432. The van der Waals surface area contributed by atoms with E-state index in [1.54, 1.807) is 0 Å². The summed E-state index contributed by atoms with van der Waals surface area (Å²) in [5.74, 6) is 1.45. The molecule has 0 N–H and O–H groups in total. The molecule has 0 saturated heterocycles. The quantitative estimate of drug-likeness (QED) is 0.701. The highest BCUT2D eigenvalue weighted by molar-refractivity contribution is 5.11. The first-order valence-corrected chi connectivity index (χ1v) is 5.61. The maximum Gasteiger partial charge on any atom is 0.0891 e. The van der Waals surface area contributed by atoms with Gasteiger partial charge in [0.25, 0.3) is 0 Å². The Morgan fingerprint density at radius 2 is 2.27 bits per heavy atom. The van der Waals surface area contributed by atoms with Crippen molar-refractivity contribution in [2.24, 2.45) is 11.8 Å². The molecule has 78 valence electrons. The first-order chi connectivity index (χ1) is 7.42. The maximum atomic E-state index is 5.91. The molecule has 0 amide bonds. The third kappa shape index (κ3) is 1.82. The van der Waals surface area contributed by atoms with Gasteiger partial charge in [-0.25, -0.2) is 0 Å². The first kappa shape index (κ1) is 9.10. The molecule has 2 heteroatoms. The lowest BCUT2D eigenvalue weighted by Crippen LogP contribution is -2.18. The molecule has 2 bridgehead atoms. The van der Waals surface area contributed by atoms with Crippen LogP contribution in [0, 0.1) is 11.8 Å². The van der Waals surface area contributed by atoms with Crippen molar-refractivity contribution in [3.63, 3.8) is 0 Å². The van der Waals surface area contributed by atoms with Crippen LogP contribution in [0.25, 0.3) is 0 Å². The van der Waals surface area contributed by atoms with Gasteiger partial charge in [-0.05, 0) is 30.9 Å². The summed E-state index contributed by atoms with van der Waals surface area (Å²) in [5.41, 5.74) is 1.03. The van der Waals surface area contributed by atoms with Gasteiger partial charge in [0, 0.05) is 12.1 Å². The fourth-order valence-electron chi connectivity index (χ4n) is 2.60. The van der Waals surface area contributed by atoms with Gasteiger partial charge in [0.05, 0.1) is 18.4 Å². The largest absolute Gasteiger partial charge is 0.371 e. The lowest BCUT2D eigenvalue weighted by Gasteiger charge is -2.18. The monoisotopic (exact) mass is 201 g/mol. The molecular formula is C13H15NO. The van der Waals surface area contributed by atoms with Crippen LogP contribution in [0.5, 0.6) is 0 Å². The molecule has 2 aliphatic rings. The van der Waals surface area contributed by atoms with Crippen molar-refractivity contribution < 1.29 is 4.74 Å². The van der Waals surface area contributed by atoms with Crippen LogP contribution in [-0.4, -0.2) is 11.1 Å². The Kier molecular flexibility index (Phi) is 2.29. The molecule has 0 aromatic carbocycles. The predicted octanol–water partition coefficient (Wildman–Crippen LogP) is 2.56. The van der Waals surface area contributed by atoms with Crippen molar-refractivity contribution in [2.75, 3.05) is 0 Å². The second-order valence-corrected chi connectivity index (χ2v) is 4.45. The Morgan fingerprint density at radius 1 is 1.27 bits per heavy atom. The Bertz CT molecular complexity index is 360. The second kappa shape index (κ2) is 3.78. The van der Waals surface area contributed by atoms with Crippen LogP contribution in [0.4, 0.5) is 0 Å². The molecule has 0 radical (unpaired) electrons. The topological polar surface area (TPSA) is 22.1 Å². The zero-order chi connectivity index (χ0) is 10.1. The third-order valence-corrected chi connectivity index (χ3v) is 3.39. The van der Waals surface area contributed by atoms with E-state index in [4.69, 9.17) is 4.74 Å². The van der Waals surface area contributed by atoms with Gasteiger partial charge >= 0.3 is 0 Å².